The molecule has 1 aliphatic rings. The van der Waals surface area contributed by atoms with Gasteiger partial charge in [0.2, 0.25) is 0 Å². The molecule has 0 bridgehead atoms. The van der Waals surface area contributed by atoms with E-state index < -0.39 is 29.2 Å². The third kappa shape index (κ3) is 2.81. The fraction of sp³-hybridized carbons (Fsp3) is 0.467. The van der Waals surface area contributed by atoms with Crippen LogP contribution in [0.25, 0.3) is 0 Å². The molecule has 2 atom stereocenters. The molecular weight excluding hydrogens is 261 g/mol. The highest BCUT2D eigenvalue weighted by Gasteiger charge is 2.43. The Bertz CT molecular complexity index is 532. The maximum atomic E-state index is 13.1. The summed E-state index contributed by atoms with van der Waals surface area (Å²) in [6, 6.07) is 4.96. The predicted octanol–water partition coefficient (Wildman–Crippen LogP) is 2.59. The van der Waals surface area contributed by atoms with Gasteiger partial charge in [0.1, 0.15) is 5.82 Å². The van der Waals surface area contributed by atoms with Gasteiger partial charge in [0.05, 0.1) is 5.41 Å². The average molecular weight is 279 g/mol. The van der Waals surface area contributed by atoms with Crippen molar-refractivity contribution in [2.45, 2.75) is 38.6 Å². The average Bonchev–Trinajstić information content (AvgIpc) is 2.41. The Morgan fingerprint density at radius 1 is 1.40 bits per heavy atom. The Kier molecular flexibility index (Phi) is 4.06. The number of hydrogen-bond acceptors (Lipinski definition) is 2. The van der Waals surface area contributed by atoms with Crippen molar-refractivity contribution in [2.75, 3.05) is 0 Å². The van der Waals surface area contributed by atoms with E-state index in [4.69, 9.17) is 0 Å². The third-order valence-corrected chi connectivity index (χ3v) is 4.09. The molecule has 0 aliphatic heterocycles. The van der Waals surface area contributed by atoms with Crippen LogP contribution in [-0.2, 0) is 4.79 Å². The summed E-state index contributed by atoms with van der Waals surface area (Å²) in [7, 11) is 0. The van der Waals surface area contributed by atoms with Crippen molar-refractivity contribution in [3.8, 4) is 0 Å². The smallest absolute Gasteiger partial charge is 0.311 e. The number of carbonyl (C=O) groups excluding carboxylic acids is 1. The van der Waals surface area contributed by atoms with Gasteiger partial charge in [-0.05, 0) is 38.0 Å². The number of carbonyl (C=O) groups is 2. The Labute approximate surface area is 117 Å². The Morgan fingerprint density at radius 2 is 2.15 bits per heavy atom. The molecule has 0 saturated heterocycles. The third-order valence-electron chi connectivity index (χ3n) is 4.09. The van der Waals surface area contributed by atoms with Crippen LogP contribution in [0, 0.1) is 11.2 Å². The van der Waals surface area contributed by atoms with Crippen LogP contribution in [0.5, 0.6) is 0 Å². The number of carboxylic acids is 1. The molecule has 0 heterocycles. The van der Waals surface area contributed by atoms with E-state index in [0.29, 0.717) is 12.8 Å². The van der Waals surface area contributed by atoms with Crippen LogP contribution < -0.4 is 5.32 Å². The van der Waals surface area contributed by atoms with Crippen molar-refractivity contribution >= 4 is 11.9 Å². The first kappa shape index (κ1) is 14.5. The predicted molar refractivity (Wildman–Crippen MR) is 71.9 cm³/mol. The van der Waals surface area contributed by atoms with Gasteiger partial charge in [0.25, 0.3) is 5.91 Å². The molecule has 2 rings (SSSR count). The molecule has 1 aromatic rings. The summed E-state index contributed by atoms with van der Waals surface area (Å²) in [6.45, 7) is 1.66. The number of amides is 1. The SMILES string of the molecule is CC1(C(=O)O)CCCCC1NC(=O)c1cccc(F)c1. The number of nitrogens with one attached hydrogen (secondary N) is 1. The number of benzene rings is 1. The Balaban J connectivity index is 2.15. The van der Waals surface area contributed by atoms with E-state index in [1.807, 2.05) is 0 Å². The molecule has 108 valence electrons. The molecule has 0 aromatic heterocycles. The molecule has 1 fully saturated rings. The van der Waals surface area contributed by atoms with Crippen LogP contribution in [0.2, 0.25) is 0 Å². The molecule has 4 nitrogen and oxygen atoms in total. The molecule has 1 saturated carbocycles. The number of hydrogen-bond donors (Lipinski definition) is 2. The van der Waals surface area contributed by atoms with Gasteiger partial charge >= 0.3 is 5.97 Å². The lowest BCUT2D eigenvalue weighted by atomic mass is 9.71. The molecule has 20 heavy (non-hydrogen) atoms. The van der Waals surface area contributed by atoms with Crippen LogP contribution >= 0.6 is 0 Å². The van der Waals surface area contributed by atoms with Crippen molar-refractivity contribution in [3.63, 3.8) is 0 Å². The molecule has 0 radical (unpaired) electrons. The maximum absolute atomic E-state index is 13.1. The van der Waals surface area contributed by atoms with Gasteiger partial charge in [0, 0.05) is 11.6 Å². The number of carboxylic acid groups (broad SMARTS) is 1. The summed E-state index contributed by atoms with van der Waals surface area (Å²) in [4.78, 5) is 23.6. The zero-order chi connectivity index (χ0) is 14.8. The zero-order valence-electron chi connectivity index (χ0n) is 11.4. The van der Waals surface area contributed by atoms with Gasteiger partial charge in [-0.2, -0.15) is 0 Å². The fourth-order valence-electron chi connectivity index (χ4n) is 2.69. The minimum atomic E-state index is -0.957. The van der Waals surface area contributed by atoms with Crippen molar-refractivity contribution in [3.05, 3.63) is 35.6 Å². The monoisotopic (exact) mass is 279 g/mol. The van der Waals surface area contributed by atoms with Gasteiger partial charge < -0.3 is 10.4 Å². The van der Waals surface area contributed by atoms with E-state index in [-0.39, 0.29) is 5.56 Å². The largest absolute Gasteiger partial charge is 0.481 e. The number of halogens is 1. The van der Waals surface area contributed by atoms with Crippen molar-refractivity contribution in [1.29, 1.82) is 0 Å². The molecule has 2 unspecified atom stereocenters. The van der Waals surface area contributed by atoms with Crippen LogP contribution in [-0.4, -0.2) is 23.0 Å². The standard InChI is InChI=1S/C15H18FNO3/c1-15(14(19)20)8-3-2-7-12(15)17-13(18)10-5-4-6-11(16)9-10/h4-6,9,12H,2-3,7-8H2,1H3,(H,17,18)(H,19,20). The highest BCUT2D eigenvalue weighted by atomic mass is 19.1. The van der Waals surface area contributed by atoms with Crippen molar-refractivity contribution in [1.82, 2.24) is 5.32 Å². The van der Waals surface area contributed by atoms with Crippen LogP contribution in [0.1, 0.15) is 43.0 Å². The Morgan fingerprint density at radius 3 is 2.80 bits per heavy atom. The maximum Gasteiger partial charge on any atom is 0.311 e. The summed E-state index contributed by atoms with van der Waals surface area (Å²) in [5, 5.41) is 12.1. The van der Waals surface area contributed by atoms with E-state index in [1.165, 1.54) is 18.2 Å². The molecule has 1 aliphatic carbocycles. The van der Waals surface area contributed by atoms with Gasteiger partial charge in [-0.3, -0.25) is 9.59 Å². The zero-order valence-corrected chi connectivity index (χ0v) is 11.4. The Hall–Kier alpha value is -1.91. The van der Waals surface area contributed by atoms with Gasteiger partial charge in [0.15, 0.2) is 0 Å². The van der Waals surface area contributed by atoms with Crippen molar-refractivity contribution < 1.29 is 19.1 Å². The van der Waals surface area contributed by atoms with E-state index in [1.54, 1.807) is 6.92 Å². The first-order valence-electron chi connectivity index (χ1n) is 6.73. The first-order valence-corrected chi connectivity index (χ1v) is 6.73. The number of rotatable bonds is 3. The van der Waals surface area contributed by atoms with E-state index in [0.717, 1.165) is 18.9 Å². The normalized spacial score (nSPS) is 26.0. The summed E-state index contributed by atoms with van der Waals surface area (Å²) in [5.74, 6) is -1.81. The molecule has 1 aromatic carbocycles. The molecular formula is C15H18FNO3. The highest BCUT2D eigenvalue weighted by Crippen LogP contribution is 2.36. The quantitative estimate of drug-likeness (QED) is 0.893. The molecule has 1 amide bonds. The fourth-order valence-corrected chi connectivity index (χ4v) is 2.69. The summed E-state index contributed by atoms with van der Waals surface area (Å²) in [6.07, 6.45) is 2.90. The summed E-state index contributed by atoms with van der Waals surface area (Å²) < 4.78 is 13.1. The first-order chi connectivity index (χ1) is 9.43. The highest BCUT2D eigenvalue weighted by molar-refractivity contribution is 5.94. The lowest BCUT2D eigenvalue weighted by Gasteiger charge is -2.38. The van der Waals surface area contributed by atoms with E-state index in [9.17, 15) is 19.1 Å². The topological polar surface area (TPSA) is 66.4 Å². The van der Waals surface area contributed by atoms with Crippen LogP contribution in [0.15, 0.2) is 24.3 Å². The minimum Gasteiger partial charge on any atom is -0.481 e. The summed E-state index contributed by atoms with van der Waals surface area (Å²) in [5.41, 5.74) is -0.746. The lowest BCUT2D eigenvalue weighted by molar-refractivity contribution is -0.151. The summed E-state index contributed by atoms with van der Waals surface area (Å²) >= 11 is 0. The van der Waals surface area contributed by atoms with Gasteiger partial charge in [-0.1, -0.05) is 18.9 Å². The minimum absolute atomic E-state index is 0.211. The molecule has 2 N–H and O–H groups in total. The second-order valence-corrected chi connectivity index (χ2v) is 5.50. The van der Waals surface area contributed by atoms with Crippen molar-refractivity contribution in [2.24, 2.45) is 5.41 Å². The number of aliphatic carboxylic acids is 1. The van der Waals surface area contributed by atoms with Crippen LogP contribution in [0.4, 0.5) is 4.39 Å². The van der Waals surface area contributed by atoms with Crippen LogP contribution in [0.3, 0.4) is 0 Å². The van der Waals surface area contributed by atoms with Gasteiger partial charge in [-0.15, -0.1) is 0 Å². The lowest BCUT2D eigenvalue weighted by Crippen LogP contribution is -2.52. The van der Waals surface area contributed by atoms with Gasteiger partial charge in [-0.25, -0.2) is 4.39 Å². The van der Waals surface area contributed by atoms with E-state index in [2.05, 4.69) is 5.32 Å². The molecule has 0 spiro atoms. The molecule has 5 heteroatoms. The second kappa shape index (κ2) is 5.61. The second-order valence-electron chi connectivity index (χ2n) is 5.50. The van der Waals surface area contributed by atoms with E-state index >= 15 is 0 Å².